The quantitative estimate of drug-likeness (QED) is 0.498. The average molecular weight is 220 g/mol. The molecule has 0 unspecified atom stereocenters. The fraction of sp³-hybridized carbons (Fsp3) is 0.900. The Labute approximate surface area is 89.4 Å². The van der Waals surface area contributed by atoms with Gasteiger partial charge in [0.15, 0.2) is 0 Å². The molecule has 5 nitrogen and oxygen atoms in total. The second kappa shape index (κ2) is 6.05. The van der Waals surface area contributed by atoms with Crippen molar-refractivity contribution in [1.82, 2.24) is 0 Å². The lowest BCUT2D eigenvalue weighted by atomic mass is 9.92. The third-order valence-electron chi connectivity index (χ3n) is 2.36. The summed E-state index contributed by atoms with van der Waals surface area (Å²) >= 11 is 0. The summed E-state index contributed by atoms with van der Waals surface area (Å²) < 4.78 is 0. The summed E-state index contributed by atoms with van der Waals surface area (Å²) in [4.78, 5) is 10.5. The van der Waals surface area contributed by atoms with E-state index in [4.69, 9.17) is 5.11 Å². The molecule has 0 aliphatic carbocycles. The van der Waals surface area contributed by atoms with Crippen LogP contribution >= 0.6 is 0 Å². The molecule has 0 radical (unpaired) electrons. The molecule has 0 aromatic rings. The molecule has 0 amide bonds. The van der Waals surface area contributed by atoms with Crippen molar-refractivity contribution in [2.45, 2.75) is 45.5 Å². The van der Waals surface area contributed by atoms with E-state index in [0.29, 0.717) is 6.42 Å². The first-order chi connectivity index (χ1) is 6.77. The van der Waals surface area contributed by atoms with Crippen molar-refractivity contribution in [3.8, 4) is 0 Å². The molecular weight excluding hydrogens is 200 g/mol. The summed E-state index contributed by atoms with van der Waals surface area (Å²) in [7, 11) is 0. The van der Waals surface area contributed by atoms with Gasteiger partial charge in [0, 0.05) is 0 Å². The van der Waals surface area contributed by atoms with Gasteiger partial charge < -0.3 is 20.4 Å². The lowest BCUT2D eigenvalue weighted by molar-refractivity contribution is -0.151. The van der Waals surface area contributed by atoms with Gasteiger partial charge in [-0.3, -0.25) is 4.79 Å². The summed E-state index contributed by atoms with van der Waals surface area (Å²) in [6.07, 6.45) is -3.64. The van der Waals surface area contributed by atoms with Crippen LogP contribution in [-0.4, -0.2) is 44.7 Å². The van der Waals surface area contributed by atoms with Crippen LogP contribution in [0.1, 0.15) is 27.2 Å². The molecule has 0 bridgehead atoms. The smallest absolute Gasteiger partial charge is 0.308 e. The number of carboxylic acids is 1. The predicted molar refractivity (Wildman–Crippen MR) is 54.3 cm³/mol. The van der Waals surface area contributed by atoms with Crippen LogP contribution in [0.4, 0.5) is 0 Å². The van der Waals surface area contributed by atoms with Gasteiger partial charge >= 0.3 is 5.97 Å². The van der Waals surface area contributed by atoms with Crippen LogP contribution in [-0.2, 0) is 4.79 Å². The molecule has 4 N–H and O–H groups in total. The first-order valence-electron chi connectivity index (χ1n) is 5.04. The Balaban J connectivity index is 4.29. The van der Waals surface area contributed by atoms with Gasteiger partial charge in [0.1, 0.15) is 6.10 Å². The van der Waals surface area contributed by atoms with Crippen molar-refractivity contribution in [2.75, 3.05) is 0 Å². The Morgan fingerprint density at radius 1 is 1.07 bits per heavy atom. The molecule has 0 aliphatic heterocycles. The van der Waals surface area contributed by atoms with Crippen LogP contribution in [0.15, 0.2) is 0 Å². The highest BCUT2D eigenvalue weighted by Crippen LogP contribution is 2.15. The zero-order chi connectivity index (χ0) is 12.2. The molecule has 0 aromatic heterocycles. The van der Waals surface area contributed by atoms with Gasteiger partial charge in [-0.1, -0.05) is 13.8 Å². The summed E-state index contributed by atoms with van der Waals surface area (Å²) in [6.45, 7) is 5.02. The second-order valence-corrected chi connectivity index (χ2v) is 4.30. The van der Waals surface area contributed by atoms with E-state index in [-0.39, 0.29) is 5.92 Å². The van der Waals surface area contributed by atoms with Crippen LogP contribution in [0.2, 0.25) is 0 Å². The zero-order valence-electron chi connectivity index (χ0n) is 9.29. The second-order valence-electron chi connectivity index (χ2n) is 4.30. The summed E-state index contributed by atoms with van der Waals surface area (Å²) in [5.41, 5.74) is 0. The van der Waals surface area contributed by atoms with Gasteiger partial charge in [-0.05, 0) is 19.3 Å². The van der Waals surface area contributed by atoms with Crippen molar-refractivity contribution in [3.63, 3.8) is 0 Å². The molecule has 0 rings (SSSR count). The maximum Gasteiger partial charge on any atom is 0.308 e. The highest BCUT2D eigenvalue weighted by molar-refractivity contribution is 5.70. The Morgan fingerprint density at radius 2 is 1.53 bits per heavy atom. The van der Waals surface area contributed by atoms with E-state index in [1.165, 1.54) is 6.92 Å². The van der Waals surface area contributed by atoms with Gasteiger partial charge in [-0.2, -0.15) is 0 Å². The maximum absolute atomic E-state index is 10.5. The molecular formula is C10H20O5. The standard InChI is InChI=1S/C10H20O5/c1-5(2)4-7(11)9(13)8(12)6(3)10(14)15/h5-9,11-13H,4H2,1-3H3,(H,14,15)/t6-,7-,8-,9-/m1/s1. The number of aliphatic hydroxyl groups excluding tert-OH is 3. The van der Waals surface area contributed by atoms with Gasteiger partial charge in [0.2, 0.25) is 0 Å². The number of carboxylic acid groups (broad SMARTS) is 1. The minimum Gasteiger partial charge on any atom is -0.481 e. The van der Waals surface area contributed by atoms with E-state index in [2.05, 4.69) is 0 Å². The molecule has 90 valence electrons. The van der Waals surface area contributed by atoms with Crippen LogP contribution in [0.3, 0.4) is 0 Å². The highest BCUT2D eigenvalue weighted by atomic mass is 16.4. The SMILES string of the molecule is CC(C)C[C@@H](O)[C@@H](O)[C@H](O)[C@@H](C)C(=O)O. The normalized spacial score (nSPS) is 19.7. The molecule has 0 fully saturated rings. The van der Waals surface area contributed by atoms with Gasteiger partial charge in [-0.25, -0.2) is 0 Å². The number of hydrogen-bond acceptors (Lipinski definition) is 4. The van der Waals surface area contributed by atoms with Crippen molar-refractivity contribution in [1.29, 1.82) is 0 Å². The fourth-order valence-electron chi connectivity index (χ4n) is 1.29. The van der Waals surface area contributed by atoms with Crippen LogP contribution in [0.25, 0.3) is 0 Å². The van der Waals surface area contributed by atoms with Crippen molar-refractivity contribution < 1.29 is 25.2 Å². The van der Waals surface area contributed by atoms with Gasteiger partial charge in [0.05, 0.1) is 18.1 Å². The van der Waals surface area contributed by atoms with E-state index < -0.39 is 30.2 Å². The zero-order valence-corrected chi connectivity index (χ0v) is 9.29. The Bertz CT molecular complexity index is 204. The number of aliphatic carboxylic acids is 1. The first kappa shape index (κ1) is 14.3. The Hall–Kier alpha value is -0.650. The van der Waals surface area contributed by atoms with E-state index in [0.717, 1.165) is 0 Å². The molecule has 0 aromatic carbocycles. The lowest BCUT2D eigenvalue weighted by Crippen LogP contribution is -2.43. The molecule has 5 heteroatoms. The van der Waals surface area contributed by atoms with Gasteiger partial charge in [0.25, 0.3) is 0 Å². The number of aliphatic hydroxyl groups is 3. The molecule has 0 heterocycles. The van der Waals surface area contributed by atoms with Gasteiger partial charge in [-0.15, -0.1) is 0 Å². The third kappa shape index (κ3) is 4.59. The van der Waals surface area contributed by atoms with E-state index >= 15 is 0 Å². The van der Waals surface area contributed by atoms with Crippen molar-refractivity contribution in [2.24, 2.45) is 11.8 Å². The molecule has 0 aliphatic rings. The van der Waals surface area contributed by atoms with Crippen LogP contribution in [0, 0.1) is 11.8 Å². The van der Waals surface area contributed by atoms with Crippen LogP contribution < -0.4 is 0 Å². The van der Waals surface area contributed by atoms with E-state index in [1.807, 2.05) is 13.8 Å². The molecule has 0 saturated carbocycles. The summed E-state index contributed by atoms with van der Waals surface area (Å²) in [6, 6.07) is 0. The number of rotatable bonds is 6. The fourth-order valence-corrected chi connectivity index (χ4v) is 1.29. The molecule has 0 spiro atoms. The number of carbonyl (C=O) groups is 1. The van der Waals surface area contributed by atoms with E-state index in [9.17, 15) is 20.1 Å². The minimum absolute atomic E-state index is 0.169. The minimum atomic E-state index is -1.45. The van der Waals surface area contributed by atoms with Crippen molar-refractivity contribution in [3.05, 3.63) is 0 Å². The highest BCUT2D eigenvalue weighted by Gasteiger charge is 2.32. The maximum atomic E-state index is 10.5. The summed E-state index contributed by atoms with van der Waals surface area (Å²) in [5, 5.41) is 37.0. The third-order valence-corrected chi connectivity index (χ3v) is 2.36. The Kier molecular flexibility index (Phi) is 5.79. The molecule has 4 atom stereocenters. The molecule has 0 saturated heterocycles. The van der Waals surface area contributed by atoms with Crippen molar-refractivity contribution >= 4 is 5.97 Å². The van der Waals surface area contributed by atoms with Crippen LogP contribution in [0.5, 0.6) is 0 Å². The monoisotopic (exact) mass is 220 g/mol. The Morgan fingerprint density at radius 3 is 1.87 bits per heavy atom. The largest absolute Gasteiger partial charge is 0.481 e. The predicted octanol–water partition coefficient (Wildman–Crippen LogP) is -0.164. The first-order valence-corrected chi connectivity index (χ1v) is 5.04. The average Bonchev–Trinajstić information content (AvgIpc) is 2.13. The lowest BCUT2D eigenvalue weighted by Gasteiger charge is -2.26. The van der Waals surface area contributed by atoms with E-state index in [1.54, 1.807) is 0 Å². The summed E-state index contributed by atoms with van der Waals surface area (Å²) in [5.74, 6) is -2.12. The molecule has 15 heavy (non-hydrogen) atoms. The number of hydrogen-bond donors (Lipinski definition) is 4. The topological polar surface area (TPSA) is 98.0 Å².